The van der Waals surface area contributed by atoms with Gasteiger partial charge < -0.3 is 9.42 Å². The van der Waals surface area contributed by atoms with E-state index in [-0.39, 0.29) is 4.90 Å². The maximum Gasteiger partial charge on any atom is 0.240 e. The molecule has 1 aliphatic rings. The zero-order chi connectivity index (χ0) is 23.6. The first-order valence-corrected chi connectivity index (χ1v) is 12.9. The number of hydrogen-bond donors (Lipinski definition) is 1. The second-order valence-corrected chi connectivity index (χ2v) is 10.6. The fourth-order valence-electron chi connectivity index (χ4n) is 4.09. The topological polar surface area (TPSA) is 78.7 Å². The van der Waals surface area contributed by atoms with E-state index >= 15 is 0 Å². The van der Waals surface area contributed by atoms with Crippen LogP contribution in [0.5, 0.6) is 0 Å². The largest absolute Gasteiger partial charge is 0.369 e. The van der Waals surface area contributed by atoms with Gasteiger partial charge in [0.15, 0.2) is 5.76 Å². The van der Waals surface area contributed by atoms with Gasteiger partial charge in [-0.05, 0) is 50.1 Å². The van der Waals surface area contributed by atoms with Crippen LogP contribution >= 0.6 is 11.6 Å². The Labute approximate surface area is 200 Å². The Hall–Kier alpha value is -2.39. The molecule has 0 aliphatic carbocycles. The third-order valence-electron chi connectivity index (χ3n) is 5.99. The van der Waals surface area contributed by atoms with Crippen molar-refractivity contribution < 1.29 is 12.9 Å². The third kappa shape index (κ3) is 5.58. The van der Waals surface area contributed by atoms with Crippen molar-refractivity contribution in [2.24, 2.45) is 0 Å². The molecule has 1 aliphatic heterocycles. The smallest absolute Gasteiger partial charge is 0.240 e. The minimum atomic E-state index is -3.64. The van der Waals surface area contributed by atoms with Crippen LogP contribution in [0.15, 0.2) is 51.9 Å². The zero-order valence-corrected chi connectivity index (χ0v) is 20.7. The van der Waals surface area contributed by atoms with E-state index in [0.717, 1.165) is 36.9 Å². The Morgan fingerprint density at radius 1 is 1.00 bits per heavy atom. The molecule has 1 N–H and O–H groups in total. The molecule has 0 radical (unpaired) electrons. The van der Waals surface area contributed by atoms with Gasteiger partial charge in [-0.2, -0.15) is 0 Å². The first kappa shape index (κ1) is 23.8. The first-order valence-electron chi connectivity index (χ1n) is 11.0. The fourth-order valence-corrected chi connectivity index (χ4v) is 5.55. The minimum Gasteiger partial charge on any atom is -0.369 e. The summed E-state index contributed by atoms with van der Waals surface area (Å²) < 4.78 is 34.0. The van der Waals surface area contributed by atoms with Crippen LogP contribution in [0.25, 0.3) is 11.3 Å². The molecule has 0 bridgehead atoms. The molecule has 1 saturated heterocycles. The van der Waals surface area contributed by atoms with E-state index in [9.17, 15) is 8.42 Å². The average Bonchev–Trinajstić information content (AvgIpc) is 3.22. The van der Waals surface area contributed by atoms with Gasteiger partial charge in [0.2, 0.25) is 10.0 Å². The molecule has 1 aromatic heterocycles. The number of sulfonamides is 1. The number of nitrogens with zero attached hydrogens (tertiary/aromatic N) is 3. The lowest BCUT2D eigenvalue weighted by molar-refractivity contribution is 0.262. The molecule has 33 heavy (non-hydrogen) atoms. The summed E-state index contributed by atoms with van der Waals surface area (Å²) in [7, 11) is -3.64. The Morgan fingerprint density at radius 3 is 2.42 bits per heavy atom. The minimum absolute atomic E-state index is 0.260. The highest BCUT2D eigenvalue weighted by Crippen LogP contribution is 2.26. The summed E-state index contributed by atoms with van der Waals surface area (Å²) in [5.41, 5.74) is 4.50. The molecule has 0 saturated carbocycles. The van der Waals surface area contributed by atoms with Crippen molar-refractivity contribution in [1.29, 1.82) is 0 Å². The van der Waals surface area contributed by atoms with Crippen molar-refractivity contribution in [2.75, 3.05) is 44.2 Å². The normalized spacial score (nSPS) is 15.2. The highest BCUT2D eigenvalue weighted by molar-refractivity contribution is 7.89. The number of rotatable bonds is 7. The van der Waals surface area contributed by atoms with Crippen LogP contribution in [0.2, 0.25) is 5.02 Å². The summed E-state index contributed by atoms with van der Waals surface area (Å²) in [6.45, 7) is 10.2. The molecule has 0 spiro atoms. The van der Waals surface area contributed by atoms with Gasteiger partial charge in [-0.15, -0.1) is 0 Å². The summed E-state index contributed by atoms with van der Waals surface area (Å²) in [6.07, 6.45) is 0. The predicted octanol–water partition coefficient (Wildman–Crippen LogP) is 4.02. The number of halogens is 1. The van der Waals surface area contributed by atoms with Gasteiger partial charge in [0.25, 0.3) is 0 Å². The van der Waals surface area contributed by atoms with E-state index in [4.69, 9.17) is 16.1 Å². The quantitative estimate of drug-likeness (QED) is 0.541. The van der Waals surface area contributed by atoms with Crippen LogP contribution < -0.4 is 9.62 Å². The number of aryl methyl sites for hydroxylation is 3. The Morgan fingerprint density at radius 2 is 1.73 bits per heavy atom. The van der Waals surface area contributed by atoms with Crippen molar-refractivity contribution in [1.82, 2.24) is 14.8 Å². The molecule has 2 aromatic carbocycles. The number of aromatic nitrogens is 1. The van der Waals surface area contributed by atoms with Crippen molar-refractivity contribution in [3.8, 4) is 11.3 Å². The maximum atomic E-state index is 13.0. The monoisotopic (exact) mass is 488 g/mol. The summed E-state index contributed by atoms with van der Waals surface area (Å²) in [5, 5.41) is 4.63. The lowest BCUT2D eigenvalue weighted by Crippen LogP contribution is -2.48. The number of benzene rings is 2. The van der Waals surface area contributed by atoms with E-state index in [2.05, 4.69) is 26.6 Å². The Kier molecular flexibility index (Phi) is 7.09. The number of nitrogens with one attached hydrogen (secondary N) is 1. The van der Waals surface area contributed by atoms with Crippen LogP contribution in [0, 0.1) is 20.8 Å². The van der Waals surface area contributed by atoms with E-state index in [1.54, 1.807) is 25.1 Å². The van der Waals surface area contributed by atoms with Crippen LogP contribution in [-0.4, -0.2) is 57.7 Å². The fraction of sp³-hybridized carbons (Fsp3) is 0.375. The highest BCUT2D eigenvalue weighted by atomic mass is 35.5. The standard InChI is InChI=1S/C24H29ClN4O3S/c1-17-5-7-21(25)16-22(17)29-12-10-28(11-13-29)9-8-26-33(30,31)24-15-20(6-4-18(24)2)23-14-19(3)27-32-23/h4-7,14-16,26H,8-13H2,1-3H3. The molecule has 9 heteroatoms. The van der Waals surface area contributed by atoms with Crippen LogP contribution in [0.1, 0.15) is 16.8 Å². The van der Waals surface area contributed by atoms with Gasteiger partial charge in [0.05, 0.1) is 10.6 Å². The van der Waals surface area contributed by atoms with E-state index in [1.807, 2.05) is 31.2 Å². The zero-order valence-electron chi connectivity index (χ0n) is 19.1. The third-order valence-corrected chi connectivity index (χ3v) is 7.83. The first-order chi connectivity index (χ1) is 15.7. The number of anilines is 1. The lowest BCUT2D eigenvalue weighted by atomic mass is 10.1. The number of hydrogen-bond acceptors (Lipinski definition) is 6. The summed E-state index contributed by atoms with van der Waals surface area (Å²) in [5.74, 6) is 0.553. The van der Waals surface area contributed by atoms with Gasteiger partial charge >= 0.3 is 0 Å². The van der Waals surface area contributed by atoms with Crippen LogP contribution in [0.4, 0.5) is 5.69 Å². The molecule has 0 unspecified atom stereocenters. The average molecular weight is 489 g/mol. The van der Waals surface area contributed by atoms with Gasteiger partial charge in [0.1, 0.15) is 0 Å². The van der Waals surface area contributed by atoms with Crippen molar-refractivity contribution in [3.05, 3.63) is 64.3 Å². The molecule has 176 valence electrons. The van der Waals surface area contributed by atoms with Crippen LogP contribution in [0.3, 0.4) is 0 Å². The summed E-state index contributed by atoms with van der Waals surface area (Å²) in [4.78, 5) is 4.87. The molecule has 3 aromatic rings. The second kappa shape index (κ2) is 9.85. The Balaban J connectivity index is 1.34. The van der Waals surface area contributed by atoms with Crippen molar-refractivity contribution in [2.45, 2.75) is 25.7 Å². The summed E-state index contributed by atoms with van der Waals surface area (Å²) in [6, 6.07) is 13.0. The SMILES string of the molecule is Cc1cc(-c2ccc(C)c(S(=O)(=O)NCCN3CCN(c4cc(Cl)ccc4C)CC3)c2)on1. The van der Waals surface area contributed by atoms with E-state index < -0.39 is 10.0 Å². The number of piperazine rings is 1. The maximum absolute atomic E-state index is 13.0. The van der Waals surface area contributed by atoms with Crippen molar-refractivity contribution in [3.63, 3.8) is 0 Å². The lowest BCUT2D eigenvalue weighted by Gasteiger charge is -2.36. The second-order valence-electron chi connectivity index (χ2n) is 8.47. The molecule has 7 nitrogen and oxygen atoms in total. The predicted molar refractivity (Wildman–Crippen MR) is 131 cm³/mol. The molecule has 4 rings (SSSR count). The molecule has 1 fully saturated rings. The highest BCUT2D eigenvalue weighted by Gasteiger charge is 2.21. The molecule has 0 atom stereocenters. The van der Waals surface area contributed by atoms with Crippen LogP contribution in [-0.2, 0) is 10.0 Å². The van der Waals surface area contributed by atoms with Gasteiger partial charge in [-0.3, -0.25) is 4.90 Å². The molecule has 2 heterocycles. The molecular weight excluding hydrogens is 460 g/mol. The van der Waals surface area contributed by atoms with Crippen molar-refractivity contribution >= 4 is 27.3 Å². The molecule has 0 amide bonds. The van der Waals surface area contributed by atoms with Gasteiger partial charge in [-0.25, -0.2) is 13.1 Å². The Bertz CT molecular complexity index is 1230. The van der Waals surface area contributed by atoms with Gasteiger partial charge in [0, 0.05) is 61.6 Å². The van der Waals surface area contributed by atoms with E-state index in [0.29, 0.717) is 30.0 Å². The summed E-state index contributed by atoms with van der Waals surface area (Å²) >= 11 is 6.17. The molecular formula is C24H29ClN4O3S. The van der Waals surface area contributed by atoms with Gasteiger partial charge in [-0.1, -0.05) is 35.0 Å². The van der Waals surface area contributed by atoms with E-state index in [1.165, 1.54) is 11.3 Å².